The van der Waals surface area contributed by atoms with Crippen LogP contribution in [0.1, 0.15) is 154 Å². The molecule has 0 aromatic heterocycles. The van der Waals surface area contributed by atoms with Crippen LogP contribution in [0.15, 0.2) is 0 Å². The van der Waals surface area contributed by atoms with Crippen LogP contribution in [0.4, 0.5) is 0 Å². The average Bonchev–Trinajstić information content (AvgIpc) is 3.10. The maximum atomic E-state index is 13.7. The van der Waals surface area contributed by atoms with Crippen molar-refractivity contribution < 1.29 is 34.7 Å². The van der Waals surface area contributed by atoms with Crippen LogP contribution in [0, 0.1) is 0 Å². The van der Waals surface area contributed by atoms with Gasteiger partial charge in [0.15, 0.2) is 29.5 Å². The second-order valence-corrected chi connectivity index (χ2v) is 25.2. The highest BCUT2D eigenvalue weighted by molar-refractivity contribution is 7.93. The molecule has 0 bridgehead atoms. The normalized spacial score (nSPS) is 42.0. The van der Waals surface area contributed by atoms with Gasteiger partial charge >= 0.3 is 0 Å². The molecule has 0 spiro atoms. The van der Waals surface area contributed by atoms with Crippen molar-refractivity contribution in [2.75, 3.05) is 0 Å². The lowest BCUT2D eigenvalue weighted by Crippen LogP contribution is -2.42. The monoisotopic (exact) mass is 786 g/mol. The van der Waals surface area contributed by atoms with E-state index in [0.29, 0.717) is 77.0 Å². The number of alkyl halides is 2. The molecule has 49 heavy (non-hydrogen) atoms. The van der Waals surface area contributed by atoms with Gasteiger partial charge in [0, 0.05) is 10.8 Å². The molecule has 0 saturated heterocycles. The number of halogens is 2. The fourth-order valence-corrected chi connectivity index (χ4v) is 17.8. The minimum Gasteiger partial charge on any atom is -0.375 e. The van der Waals surface area contributed by atoms with Crippen molar-refractivity contribution in [1.29, 1.82) is 0 Å². The van der Waals surface area contributed by atoms with E-state index in [2.05, 4.69) is 0 Å². The zero-order valence-electron chi connectivity index (χ0n) is 29.1. The van der Waals surface area contributed by atoms with E-state index in [-0.39, 0.29) is 66.7 Å². The molecule has 6 aliphatic carbocycles. The predicted octanol–water partition coefficient (Wildman–Crippen LogP) is 7.61. The van der Waals surface area contributed by atoms with E-state index in [1.165, 1.54) is 0 Å². The van der Waals surface area contributed by atoms with Crippen molar-refractivity contribution in [2.24, 2.45) is 0 Å². The maximum Gasteiger partial charge on any atom is 0.156 e. The number of sulfone groups is 3. The lowest BCUT2D eigenvalue weighted by Gasteiger charge is -2.38. The van der Waals surface area contributed by atoms with Crippen molar-refractivity contribution in [3.05, 3.63) is 0 Å². The molecular formula is C36H60Cl2O8S3. The van der Waals surface area contributed by atoms with Gasteiger partial charge in [-0.15, -0.1) is 23.2 Å². The van der Waals surface area contributed by atoms with Gasteiger partial charge in [0.1, 0.15) is 0 Å². The molecular weight excluding hydrogens is 727 g/mol. The Balaban J connectivity index is 0.874. The quantitative estimate of drug-likeness (QED) is 0.208. The Morgan fingerprint density at radius 3 is 0.633 bits per heavy atom. The highest BCUT2D eigenvalue weighted by Gasteiger charge is 2.43. The summed E-state index contributed by atoms with van der Waals surface area (Å²) in [7, 11) is -9.50. The molecule has 0 atom stereocenters. The summed E-state index contributed by atoms with van der Waals surface area (Å²) in [6, 6.07) is 0. The summed E-state index contributed by atoms with van der Waals surface area (Å²) >= 11 is 12.4. The van der Waals surface area contributed by atoms with Crippen molar-refractivity contribution in [3.8, 4) is 0 Å². The summed E-state index contributed by atoms with van der Waals surface area (Å²) in [6.07, 6.45) is 17.3. The Morgan fingerprint density at radius 2 is 0.449 bits per heavy atom. The third-order valence-corrected chi connectivity index (χ3v) is 22.5. The molecule has 0 aromatic rings. The second kappa shape index (κ2) is 16.8. The van der Waals surface area contributed by atoms with Crippen molar-refractivity contribution >= 4 is 52.7 Å². The van der Waals surface area contributed by atoms with Crippen LogP contribution in [0.5, 0.6) is 0 Å². The van der Waals surface area contributed by atoms with E-state index >= 15 is 0 Å². The Kier molecular flexibility index (Phi) is 13.4. The summed E-state index contributed by atoms with van der Waals surface area (Å²) in [5, 5.41) is -1.42. The zero-order valence-corrected chi connectivity index (χ0v) is 33.1. The minimum atomic E-state index is -3.24. The van der Waals surface area contributed by atoms with Gasteiger partial charge in [0.2, 0.25) is 0 Å². The molecule has 8 nitrogen and oxygen atoms in total. The highest BCUT2D eigenvalue weighted by Crippen LogP contribution is 2.39. The first-order valence-electron chi connectivity index (χ1n) is 19.6. The number of hydrogen-bond acceptors (Lipinski definition) is 8. The topological polar surface area (TPSA) is 121 Å². The molecule has 6 aliphatic rings. The first-order valence-corrected chi connectivity index (χ1v) is 25.3. The number of rotatable bonds is 10. The van der Waals surface area contributed by atoms with E-state index in [1.807, 2.05) is 0 Å². The molecule has 284 valence electrons. The Morgan fingerprint density at radius 1 is 0.286 bits per heavy atom. The van der Waals surface area contributed by atoms with Crippen LogP contribution in [0.3, 0.4) is 0 Å². The Hall–Kier alpha value is 0.350. The number of hydrogen-bond donors (Lipinski definition) is 0. The van der Waals surface area contributed by atoms with Crippen molar-refractivity contribution in [1.82, 2.24) is 0 Å². The predicted molar refractivity (Wildman–Crippen MR) is 197 cm³/mol. The van der Waals surface area contributed by atoms with Gasteiger partial charge in [0.25, 0.3) is 0 Å². The summed E-state index contributed by atoms with van der Waals surface area (Å²) in [6.45, 7) is 0. The van der Waals surface area contributed by atoms with Crippen LogP contribution >= 0.6 is 23.2 Å². The molecule has 6 fully saturated rings. The van der Waals surface area contributed by atoms with Gasteiger partial charge in [-0.05, 0) is 154 Å². The summed E-state index contributed by atoms with van der Waals surface area (Å²) in [4.78, 5) is 0. The average molecular weight is 788 g/mol. The molecule has 6 saturated carbocycles. The molecule has 0 aromatic carbocycles. The minimum absolute atomic E-state index is 0.0542. The summed E-state index contributed by atoms with van der Waals surface area (Å²) in [5.74, 6) is 0. The first kappa shape index (κ1) is 39.1. The van der Waals surface area contributed by atoms with Crippen molar-refractivity contribution in [3.63, 3.8) is 0 Å². The fraction of sp³-hybridized carbons (Fsp3) is 1.00. The van der Waals surface area contributed by atoms with Crippen LogP contribution < -0.4 is 0 Å². The van der Waals surface area contributed by atoms with E-state index in [1.54, 1.807) is 0 Å². The smallest absolute Gasteiger partial charge is 0.156 e. The molecule has 0 heterocycles. The highest BCUT2D eigenvalue weighted by atomic mass is 35.5. The van der Waals surface area contributed by atoms with Crippen LogP contribution in [-0.2, 0) is 39.0 Å². The molecule has 0 aliphatic heterocycles. The van der Waals surface area contributed by atoms with Crippen LogP contribution in [-0.4, -0.2) is 91.9 Å². The van der Waals surface area contributed by atoms with E-state index in [4.69, 9.17) is 32.7 Å². The number of ether oxygens (including phenoxy) is 2. The van der Waals surface area contributed by atoms with E-state index in [0.717, 1.165) is 77.0 Å². The van der Waals surface area contributed by atoms with Gasteiger partial charge in [0.05, 0.1) is 55.9 Å². The van der Waals surface area contributed by atoms with Crippen LogP contribution in [0.2, 0.25) is 0 Å². The summed E-state index contributed by atoms with van der Waals surface area (Å²) in [5.41, 5.74) is 0. The lowest BCUT2D eigenvalue weighted by molar-refractivity contribution is -0.0451. The molecule has 0 amide bonds. The molecule has 13 heteroatoms. The zero-order chi connectivity index (χ0) is 34.8. The molecule has 0 unspecified atom stereocenters. The molecule has 6 rings (SSSR count). The SMILES string of the molecule is O=S(=O)(C1CCC(Cl)CC1)C1CCC(OC2CCC(S(=O)(=O)C3CCC(OC4CCC(S(=O)(=O)C5CCC(Cl)CC5)CC4)CC3)CC2)CC1. The largest absolute Gasteiger partial charge is 0.375 e. The van der Waals surface area contributed by atoms with Gasteiger partial charge in [-0.1, -0.05) is 0 Å². The van der Waals surface area contributed by atoms with E-state index < -0.39 is 29.5 Å². The second-order valence-electron chi connectivity index (χ2n) is 16.4. The molecule has 0 radical (unpaired) electrons. The fourth-order valence-electron chi connectivity index (χ4n) is 10.0. The lowest BCUT2D eigenvalue weighted by atomic mass is 9.94. The Labute approximate surface area is 306 Å². The third kappa shape index (κ3) is 9.54. The summed E-state index contributed by atoms with van der Waals surface area (Å²) < 4.78 is 93.2. The maximum absolute atomic E-state index is 13.7. The molecule has 0 N–H and O–H groups in total. The first-order chi connectivity index (χ1) is 23.3. The third-order valence-electron chi connectivity index (χ3n) is 13.2. The van der Waals surface area contributed by atoms with Crippen molar-refractivity contribution in [2.45, 2.75) is 221 Å². The van der Waals surface area contributed by atoms with E-state index in [9.17, 15) is 25.3 Å². The van der Waals surface area contributed by atoms with Gasteiger partial charge in [-0.2, -0.15) is 0 Å². The Bertz CT molecular complexity index is 1270. The standard InChI is InChI=1S/C36H60Cl2O8S3/c37-25-1-13-31(14-2-25)47(39,40)33-17-5-27(6-18-33)45-29-9-21-35(22-10-29)49(43,44)36-23-11-30(12-24-36)46-28-7-19-34(20-8-28)48(41,42)32-15-3-26(38)4-16-32/h25-36H,1-24H2. The van der Waals surface area contributed by atoms with Crippen LogP contribution in [0.25, 0.3) is 0 Å². The van der Waals surface area contributed by atoms with Gasteiger partial charge < -0.3 is 9.47 Å². The van der Waals surface area contributed by atoms with Gasteiger partial charge in [-0.25, -0.2) is 25.3 Å². The van der Waals surface area contributed by atoms with Gasteiger partial charge in [-0.3, -0.25) is 0 Å².